The fourth-order valence-corrected chi connectivity index (χ4v) is 4.73. The lowest BCUT2D eigenvalue weighted by Crippen LogP contribution is -2.44. The predicted octanol–water partition coefficient (Wildman–Crippen LogP) is 2.83. The Morgan fingerprint density at radius 1 is 1.14 bits per heavy atom. The van der Waals surface area contributed by atoms with Crippen molar-refractivity contribution in [2.75, 3.05) is 50.5 Å². The van der Waals surface area contributed by atoms with Crippen LogP contribution in [0.1, 0.15) is 45.3 Å². The van der Waals surface area contributed by atoms with Crippen LogP contribution >= 0.6 is 0 Å². The largest absolute Gasteiger partial charge is 0.433 e. The summed E-state index contributed by atoms with van der Waals surface area (Å²) in [7, 11) is 2.14. The minimum Gasteiger partial charge on any atom is -0.433 e. The van der Waals surface area contributed by atoms with Gasteiger partial charge in [0.2, 0.25) is 0 Å². The second-order valence-electron chi connectivity index (χ2n) is 10.5. The highest BCUT2D eigenvalue weighted by atomic mass is 16.5. The summed E-state index contributed by atoms with van der Waals surface area (Å²) in [5, 5.41) is 15.3. The third-order valence-corrected chi connectivity index (χ3v) is 7.02. The van der Waals surface area contributed by atoms with Crippen LogP contribution in [0.15, 0.2) is 30.7 Å². The zero-order valence-electron chi connectivity index (χ0n) is 22.0. The molecule has 11 nitrogen and oxygen atoms in total. The molecule has 2 saturated heterocycles. The first kappa shape index (κ1) is 25.4. The molecule has 5 heterocycles. The number of nitrogens with two attached hydrogens (primary N) is 1. The van der Waals surface area contributed by atoms with Crippen LogP contribution in [0.3, 0.4) is 0 Å². The lowest BCUT2D eigenvalue weighted by atomic mass is 10.0. The van der Waals surface area contributed by atoms with E-state index in [-0.39, 0.29) is 17.7 Å². The van der Waals surface area contributed by atoms with Crippen LogP contribution in [0, 0.1) is 0 Å². The normalized spacial score (nSPS) is 19.8. The number of morpholine rings is 1. The Balaban J connectivity index is 1.43. The molecule has 2 fully saturated rings. The van der Waals surface area contributed by atoms with E-state index >= 15 is 0 Å². The van der Waals surface area contributed by atoms with Gasteiger partial charge in [-0.1, -0.05) is 0 Å². The van der Waals surface area contributed by atoms with Crippen LogP contribution < -0.4 is 15.4 Å². The van der Waals surface area contributed by atoms with Crippen LogP contribution in [0.5, 0.6) is 11.6 Å². The molecule has 1 atom stereocenters. The molecule has 1 unspecified atom stereocenters. The molecule has 198 valence electrons. The van der Waals surface area contributed by atoms with E-state index in [1.165, 1.54) is 0 Å². The van der Waals surface area contributed by atoms with E-state index in [0.717, 1.165) is 37.3 Å². The van der Waals surface area contributed by atoms with Crippen LogP contribution in [-0.4, -0.2) is 80.7 Å². The fraction of sp³-hybridized carbons (Fsp3) is 0.538. The molecule has 0 radical (unpaired) electrons. The van der Waals surface area contributed by atoms with Gasteiger partial charge in [-0.15, -0.1) is 0 Å². The number of hydrogen-bond donors (Lipinski definition) is 2. The van der Waals surface area contributed by atoms with Crippen LogP contribution in [0.2, 0.25) is 0 Å². The monoisotopic (exact) mass is 508 g/mol. The van der Waals surface area contributed by atoms with Crippen molar-refractivity contribution in [3.8, 4) is 22.9 Å². The van der Waals surface area contributed by atoms with Crippen LogP contribution in [0.4, 0.5) is 11.6 Å². The summed E-state index contributed by atoms with van der Waals surface area (Å²) in [5.74, 6) is 1.72. The Morgan fingerprint density at radius 2 is 1.92 bits per heavy atom. The maximum atomic E-state index is 10.8. The van der Waals surface area contributed by atoms with Gasteiger partial charge in [-0.25, -0.2) is 15.0 Å². The zero-order chi connectivity index (χ0) is 26.2. The number of ether oxygens (including phenoxy) is 2. The number of pyridine rings is 1. The molecule has 37 heavy (non-hydrogen) atoms. The van der Waals surface area contributed by atoms with Gasteiger partial charge in [0.15, 0.2) is 11.6 Å². The van der Waals surface area contributed by atoms with Crippen molar-refractivity contribution < 1.29 is 14.6 Å². The summed E-state index contributed by atoms with van der Waals surface area (Å²) in [6.07, 6.45) is 7.28. The van der Waals surface area contributed by atoms with Gasteiger partial charge in [0.05, 0.1) is 55.3 Å². The van der Waals surface area contributed by atoms with Crippen LogP contribution in [-0.2, 0) is 10.3 Å². The molecule has 3 aromatic rings. The third-order valence-electron chi connectivity index (χ3n) is 7.02. The van der Waals surface area contributed by atoms with Gasteiger partial charge in [-0.3, -0.25) is 4.68 Å². The van der Waals surface area contributed by atoms with Crippen molar-refractivity contribution in [1.82, 2.24) is 29.6 Å². The van der Waals surface area contributed by atoms with Gasteiger partial charge in [0.1, 0.15) is 11.4 Å². The van der Waals surface area contributed by atoms with Crippen molar-refractivity contribution in [2.45, 2.75) is 51.3 Å². The third kappa shape index (κ3) is 5.68. The minimum absolute atomic E-state index is 0.156. The smallest absolute Gasteiger partial charge is 0.263 e. The second-order valence-corrected chi connectivity index (χ2v) is 10.5. The molecule has 0 spiro atoms. The van der Waals surface area contributed by atoms with Crippen LogP contribution in [0.25, 0.3) is 11.3 Å². The van der Waals surface area contributed by atoms with E-state index < -0.39 is 5.60 Å². The Bertz CT molecular complexity index is 1230. The quantitative estimate of drug-likeness (QED) is 0.513. The number of piperidine rings is 1. The number of nitrogens with zero attached hydrogens (tertiary/aromatic N) is 7. The summed E-state index contributed by atoms with van der Waals surface area (Å²) < 4.78 is 13.6. The SMILES string of the molecule is CC1COCCN1c1cc(-c2cnc(N)c(Oc3cnn(C4CCN(C)CC4)c3)n2)cc(C(C)(C)O)n1. The average Bonchev–Trinajstić information content (AvgIpc) is 3.34. The molecule has 0 aromatic carbocycles. The van der Waals surface area contributed by atoms with E-state index in [4.69, 9.17) is 25.2 Å². The van der Waals surface area contributed by atoms with E-state index in [1.807, 2.05) is 23.0 Å². The van der Waals surface area contributed by atoms with Crippen molar-refractivity contribution in [3.63, 3.8) is 0 Å². The highest BCUT2D eigenvalue weighted by molar-refractivity contribution is 5.66. The lowest BCUT2D eigenvalue weighted by molar-refractivity contribution is 0.0736. The Kier molecular flexibility index (Phi) is 7.02. The molecule has 0 aliphatic carbocycles. The molecule has 2 aliphatic rings. The van der Waals surface area contributed by atoms with Gasteiger partial charge < -0.3 is 30.1 Å². The molecule has 0 saturated carbocycles. The lowest BCUT2D eigenvalue weighted by Gasteiger charge is -2.35. The van der Waals surface area contributed by atoms with Gasteiger partial charge in [-0.05, 0) is 65.9 Å². The van der Waals surface area contributed by atoms with Gasteiger partial charge in [-0.2, -0.15) is 5.10 Å². The molecule has 3 N–H and O–H groups in total. The van der Waals surface area contributed by atoms with Gasteiger partial charge in [0, 0.05) is 12.1 Å². The molecule has 11 heteroatoms. The van der Waals surface area contributed by atoms with E-state index in [0.29, 0.717) is 42.9 Å². The summed E-state index contributed by atoms with van der Waals surface area (Å²) in [4.78, 5) is 18.3. The maximum absolute atomic E-state index is 10.8. The van der Waals surface area contributed by atoms with E-state index in [2.05, 4.69) is 33.9 Å². The first-order chi connectivity index (χ1) is 17.7. The van der Waals surface area contributed by atoms with Crippen molar-refractivity contribution >= 4 is 11.6 Å². The first-order valence-electron chi connectivity index (χ1n) is 12.8. The van der Waals surface area contributed by atoms with Gasteiger partial charge >= 0.3 is 0 Å². The average molecular weight is 509 g/mol. The fourth-order valence-electron chi connectivity index (χ4n) is 4.73. The molecule has 0 bridgehead atoms. The number of aliphatic hydroxyl groups is 1. The van der Waals surface area contributed by atoms with Gasteiger partial charge in [0.25, 0.3) is 5.88 Å². The standard InChI is InChI=1S/C26H36N8O3/c1-17-16-36-10-9-33(17)23-12-18(11-22(31-23)26(2,3)35)21-14-28-24(27)25(30-21)37-20-13-29-34(15-20)19-5-7-32(4)8-6-19/h11-15,17,19,35H,5-10,16H2,1-4H3,(H2,27,28). The van der Waals surface area contributed by atoms with Crippen molar-refractivity contribution in [3.05, 3.63) is 36.4 Å². The minimum atomic E-state index is -1.14. The highest BCUT2D eigenvalue weighted by Gasteiger charge is 2.26. The summed E-state index contributed by atoms with van der Waals surface area (Å²) in [6.45, 7) is 9.58. The molecule has 0 amide bonds. The molecule has 5 rings (SSSR count). The van der Waals surface area contributed by atoms with Crippen molar-refractivity contribution in [1.29, 1.82) is 0 Å². The van der Waals surface area contributed by atoms with E-state index in [9.17, 15) is 5.11 Å². The number of nitrogen functional groups attached to an aromatic ring is 1. The number of anilines is 2. The number of aromatic nitrogens is 5. The summed E-state index contributed by atoms with van der Waals surface area (Å²) >= 11 is 0. The first-order valence-corrected chi connectivity index (χ1v) is 12.8. The second kappa shape index (κ2) is 10.2. The Morgan fingerprint density at radius 3 is 2.65 bits per heavy atom. The Labute approximate surface area is 217 Å². The number of hydrogen-bond acceptors (Lipinski definition) is 10. The summed E-state index contributed by atoms with van der Waals surface area (Å²) in [6, 6.07) is 4.29. The Hall–Kier alpha value is -3.28. The highest BCUT2D eigenvalue weighted by Crippen LogP contribution is 2.32. The molecular weight excluding hydrogens is 472 g/mol. The predicted molar refractivity (Wildman–Crippen MR) is 141 cm³/mol. The van der Waals surface area contributed by atoms with E-state index in [1.54, 1.807) is 26.2 Å². The topological polar surface area (TPSA) is 128 Å². The molecule has 2 aliphatic heterocycles. The molecular formula is C26H36N8O3. The maximum Gasteiger partial charge on any atom is 0.263 e. The van der Waals surface area contributed by atoms with Crippen molar-refractivity contribution in [2.24, 2.45) is 0 Å². The number of likely N-dealkylation sites (tertiary alicyclic amines) is 1. The number of rotatable bonds is 6. The molecule has 3 aromatic heterocycles. The zero-order valence-corrected chi connectivity index (χ0v) is 22.0. The summed E-state index contributed by atoms with van der Waals surface area (Å²) in [5.41, 5.74) is 6.88.